The molecule has 0 saturated carbocycles. The Morgan fingerprint density at radius 1 is 1.73 bits per heavy atom. The lowest BCUT2D eigenvalue weighted by Gasteiger charge is -2.13. The van der Waals surface area contributed by atoms with Gasteiger partial charge in [-0.05, 0) is 12.1 Å². The van der Waals surface area contributed by atoms with Gasteiger partial charge in [0.25, 0.3) is 0 Å². The summed E-state index contributed by atoms with van der Waals surface area (Å²) in [5, 5.41) is 7.61. The van der Waals surface area contributed by atoms with E-state index in [4.69, 9.17) is 0 Å². The van der Waals surface area contributed by atoms with Crippen molar-refractivity contribution in [1.29, 1.82) is 0 Å². The van der Waals surface area contributed by atoms with Gasteiger partial charge in [0.1, 0.15) is 0 Å². The molecule has 1 N–H and O–H groups in total. The van der Waals surface area contributed by atoms with Gasteiger partial charge in [0, 0.05) is 13.1 Å². The van der Waals surface area contributed by atoms with E-state index in [1.54, 1.807) is 6.08 Å². The van der Waals surface area contributed by atoms with Crippen LogP contribution in [0.5, 0.6) is 0 Å². The quantitative estimate of drug-likeness (QED) is 0.634. The monoisotopic (exact) mass is 149 g/mol. The number of aromatic nitrogens is 2. The fraction of sp³-hybridized carbons (Fsp3) is 0.375. The summed E-state index contributed by atoms with van der Waals surface area (Å²) in [5.74, 6) is 0. The molecule has 1 aliphatic rings. The van der Waals surface area contributed by atoms with Crippen LogP contribution in [-0.2, 0) is 13.1 Å². The molecule has 0 radical (unpaired) electrons. The van der Waals surface area contributed by atoms with Crippen LogP contribution in [-0.4, -0.2) is 16.3 Å². The maximum Gasteiger partial charge on any atom is 0.0848 e. The Bertz CT molecular complexity index is 251. The molecule has 11 heavy (non-hydrogen) atoms. The lowest BCUT2D eigenvalue weighted by molar-refractivity contribution is 0.475. The maximum absolute atomic E-state index is 4.33. The van der Waals surface area contributed by atoms with Crippen molar-refractivity contribution in [1.82, 2.24) is 15.1 Å². The van der Waals surface area contributed by atoms with Crippen molar-refractivity contribution in [3.8, 4) is 0 Å². The zero-order valence-electron chi connectivity index (χ0n) is 6.38. The van der Waals surface area contributed by atoms with Crippen molar-refractivity contribution in [3.05, 3.63) is 24.0 Å². The molecule has 3 heteroatoms. The second kappa shape index (κ2) is 2.51. The molecular formula is C8H11N3. The smallest absolute Gasteiger partial charge is 0.0848 e. The van der Waals surface area contributed by atoms with Gasteiger partial charge in [-0.3, -0.25) is 4.68 Å². The first kappa shape index (κ1) is 6.61. The first-order valence-electron chi connectivity index (χ1n) is 3.80. The largest absolute Gasteiger partial charge is 0.309 e. The summed E-state index contributed by atoms with van der Waals surface area (Å²) in [5.41, 5.74) is 2.23. The first-order chi connectivity index (χ1) is 5.40. The lowest BCUT2D eigenvalue weighted by atomic mass is 10.3. The zero-order valence-corrected chi connectivity index (χ0v) is 6.38. The summed E-state index contributed by atoms with van der Waals surface area (Å²) >= 11 is 0. The minimum absolute atomic E-state index is 0.931. The number of fused-ring (bicyclic) bond motifs is 1. The van der Waals surface area contributed by atoms with Crippen molar-refractivity contribution >= 4 is 6.08 Å². The Kier molecular flexibility index (Phi) is 1.51. The second-order valence-corrected chi connectivity index (χ2v) is 2.66. The van der Waals surface area contributed by atoms with Crippen molar-refractivity contribution in [2.24, 2.45) is 0 Å². The number of hydrogen-bond donors (Lipinski definition) is 1. The van der Waals surface area contributed by atoms with Crippen LogP contribution in [0.4, 0.5) is 0 Å². The van der Waals surface area contributed by atoms with Gasteiger partial charge in [0.15, 0.2) is 0 Å². The van der Waals surface area contributed by atoms with Crippen molar-refractivity contribution in [2.45, 2.75) is 13.1 Å². The normalized spacial score (nSPS) is 16.0. The molecule has 0 aromatic carbocycles. The molecule has 0 fully saturated rings. The molecule has 0 aliphatic carbocycles. The number of nitrogens with one attached hydrogen (secondary N) is 1. The molecule has 1 aromatic rings. The van der Waals surface area contributed by atoms with E-state index >= 15 is 0 Å². The van der Waals surface area contributed by atoms with Crippen molar-refractivity contribution in [2.75, 3.05) is 6.54 Å². The highest BCUT2D eigenvalue weighted by Crippen LogP contribution is 2.07. The fourth-order valence-corrected chi connectivity index (χ4v) is 1.31. The Morgan fingerprint density at radius 2 is 2.64 bits per heavy atom. The van der Waals surface area contributed by atoms with Crippen LogP contribution in [0.25, 0.3) is 6.08 Å². The van der Waals surface area contributed by atoms with E-state index < -0.39 is 0 Å². The summed E-state index contributed by atoms with van der Waals surface area (Å²) in [6.45, 7) is 6.60. The van der Waals surface area contributed by atoms with E-state index in [9.17, 15) is 0 Å². The van der Waals surface area contributed by atoms with E-state index in [0.717, 1.165) is 25.3 Å². The van der Waals surface area contributed by atoms with Gasteiger partial charge >= 0.3 is 0 Å². The highest BCUT2D eigenvalue weighted by atomic mass is 15.3. The molecule has 0 spiro atoms. The predicted octanol–water partition coefficient (Wildman–Crippen LogP) is 0.629. The SMILES string of the molecule is C=Cc1cc2n(n1)CCNC2. The zero-order chi connectivity index (χ0) is 7.68. The minimum atomic E-state index is 0.931. The van der Waals surface area contributed by atoms with Crippen LogP contribution in [0.15, 0.2) is 12.6 Å². The molecule has 0 atom stereocenters. The Morgan fingerprint density at radius 3 is 3.36 bits per heavy atom. The topological polar surface area (TPSA) is 29.9 Å². The van der Waals surface area contributed by atoms with Crippen molar-refractivity contribution in [3.63, 3.8) is 0 Å². The van der Waals surface area contributed by atoms with Crippen LogP contribution in [0, 0.1) is 0 Å². The van der Waals surface area contributed by atoms with Gasteiger partial charge in [0.05, 0.1) is 17.9 Å². The van der Waals surface area contributed by atoms with Crippen LogP contribution >= 0.6 is 0 Å². The second-order valence-electron chi connectivity index (χ2n) is 2.66. The molecule has 0 bridgehead atoms. The number of rotatable bonds is 1. The van der Waals surface area contributed by atoms with Gasteiger partial charge < -0.3 is 5.32 Å². The summed E-state index contributed by atoms with van der Waals surface area (Å²) in [4.78, 5) is 0. The van der Waals surface area contributed by atoms with E-state index in [1.165, 1.54) is 5.69 Å². The van der Waals surface area contributed by atoms with Gasteiger partial charge in [-0.2, -0.15) is 5.10 Å². The van der Waals surface area contributed by atoms with E-state index in [-0.39, 0.29) is 0 Å². The predicted molar refractivity (Wildman–Crippen MR) is 44.0 cm³/mol. The maximum atomic E-state index is 4.33. The molecule has 2 heterocycles. The molecule has 0 amide bonds. The third-order valence-corrected chi connectivity index (χ3v) is 1.90. The Hall–Kier alpha value is -1.09. The molecule has 58 valence electrons. The molecule has 0 unspecified atom stereocenters. The number of nitrogens with zero attached hydrogens (tertiary/aromatic N) is 2. The summed E-state index contributed by atoms with van der Waals surface area (Å²) in [7, 11) is 0. The summed E-state index contributed by atoms with van der Waals surface area (Å²) < 4.78 is 2.04. The van der Waals surface area contributed by atoms with E-state index in [2.05, 4.69) is 23.1 Å². The standard InChI is InChI=1S/C8H11N3/c1-2-7-5-8-6-9-3-4-11(8)10-7/h2,5,9H,1,3-4,6H2. The Balaban J connectivity index is 2.39. The molecular weight excluding hydrogens is 138 g/mol. The summed E-state index contributed by atoms with van der Waals surface area (Å²) in [6, 6.07) is 2.07. The van der Waals surface area contributed by atoms with E-state index in [0.29, 0.717) is 0 Å². The molecule has 3 nitrogen and oxygen atoms in total. The van der Waals surface area contributed by atoms with Crippen molar-refractivity contribution < 1.29 is 0 Å². The summed E-state index contributed by atoms with van der Waals surface area (Å²) in [6.07, 6.45) is 1.78. The highest BCUT2D eigenvalue weighted by Gasteiger charge is 2.08. The average molecular weight is 149 g/mol. The minimum Gasteiger partial charge on any atom is -0.309 e. The van der Waals surface area contributed by atoms with Crippen LogP contribution in [0.1, 0.15) is 11.4 Å². The first-order valence-corrected chi connectivity index (χ1v) is 3.80. The Labute approximate surface area is 65.7 Å². The molecule has 2 rings (SSSR count). The molecule has 1 aliphatic heterocycles. The van der Waals surface area contributed by atoms with Gasteiger partial charge in [-0.1, -0.05) is 6.58 Å². The van der Waals surface area contributed by atoms with Crippen LogP contribution in [0.3, 0.4) is 0 Å². The van der Waals surface area contributed by atoms with Crippen LogP contribution in [0.2, 0.25) is 0 Å². The lowest BCUT2D eigenvalue weighted by Crippen LogP contribution is -2.28. The third kappa shape index (κ3) is 1.07. The average Bonchev–Trinajstić information content (AvgIpc) is 2.46. The van der Waals surface area contributed by atoms with Crippen LogP contribution < -0.4 is 5.32 Å². The van der Waals surface area contributed by atoms with Gasteiger partial charge in [-0.15, -0.1) is 0 Å². The van der Waals surface area contributed by atoms with Gasteiger partial charge in [0.2, 0.25) is 0 Å². The third-order valence-electron chi connectivity index (χ3n) is 1.90. The van der Waals surface area contributed by atoms with E-state index in [1.807, 2.05) is 4.68 Å². The molecule has 1 aromatic heterocycles. The number of hydrogen-bond acceptors (Lipinski definition) is 2. The fourth-order valence-electron chi connectivity index (χ4n) is 1.31. The van der Waals surface area contributed by atoms with Gasteiger partial charge in [-0.25, -0.2) is 0 Å². The molecule has 0 saturated heterocycles. The highest BCUT2D eigenvalue weighted by molar-refractivity contribution is 5.41.